The molecule has 4 rings (SSSR count). The highest BCUT2D eigenvalue weighted by Crippen LogP contribution is 2.31. The summed E-state index contributed by atoms with van der Waals surface area (Å²) in [4.78, 5) is 16.1. The summed E-state index contributed by atoms with van der Waals surface area (Å²) in [6.45, 7) is 0.269. The van der Waals surface area contributed by atoms with E-state index >= 15 is 0 Å². The van der Waals surface area contributed by atoms with Gasteiger partial charge in [-0.25, -0.2) is 10.2 Å². The standard InChI is InChI=1S/C16H11F3N4O/c17-16(18,19)10-5-7-11(8-6-10)22-9-14-20-15(24)12-3-1-2-4-13(12)23(14)21-22/h1-8,21H,9H2. The third kappa shape index (κ3) is 2.27. The van der Waals surface area contributed by atoms with Crippen molar-refractivity contribution in [2.24, 2.45) is 0 Å². The third-order valence-electron chi connectivity index (χ3n) is 3.89. The van der Waals surface area contributed by atoms with Crippen molar-refractivity contribution in [3.63, 3.8) is 0 Å². The van der Waals surface area contributed by atoms with E-state index in [4.69, 9.17) is 0 Å². The van der Waals surface area contributed by atoms with E-state index in [1.165, 1.54) is 12.1 Å². The van der Waals surface area contributed by atoms with Crippen molar-refractivity contribution in [2.45, 2.75) is 12.7 Å². The van der Waals surface area contributed by atoms with Crippen LogP contribution in [0.15, 0.2) is 53.3 Å². The van der Waals surface area contributed by atoms with Crippen molar-refractivity contribution in [2.75, 3.05) is 10.5 Å². The van der Waals surface area contributed by atoms with Crippen LogP contribution in [0.3, 0.4) is 0 Å². The van der Waals surface area contributed by atoms with Crippen LogP contribution >= 0.6 is 0 Å². The van der Waals surface area contributed by atoms with Gasteiger partial charge in [-0.05, 0) is 36.4 Å². The lowest BCUT2D eigenvalue weighted by atomic mass is 10.2. The molecule has 0 atom stereocenters. The Labute approximate surface area is 133 Å². The van der Waals surface area contributed by atoms with Crippen molar-refractivity contribution in [1.82, 2.24) is 9.66 Å². The second-order valence-corrected chi connectivity index (χ2v) is 5.42. The highest BCUT2D eigenvalue weighted by atomic mass is 19.4. The van der Waals surface area contributed by atoms with Crippen LogP contribution in [0.5, 0.6) is 0 Å². The largest absolute Gasteiger partial charge is 0.416 e. The Morgan fingerprint density at radius 3 is 2.46 bits per heavy atom. The van der Waals surface area contributed by atoms with Crippen LogP contribution in [0.4, 0.5) is 18.9 Å². The molecule has 0 amide bonds. The topological polar surface area (TPSA) is 50.2 Å². The van der Waals surface area contributed by atoms with Gasteiger partial charge in [0.1, 0.15) is 6.54 Å². The molecule has 0 saturated carbocycles. The van der Waals surface area contributed by atoms with Gasteiger partial charge in [0.15, 0.2) is 5.82 Å². The lowest BCUT2D eigenvalue weighted by molar-refractivity contribution is -0.137. The van der Waals surface area contributed by atoms with Gasteiger partial charge in [-0.2, -0.15) is 18.2 Å². The van der Waals surface area contributed by atoms with Gasteiger partial charge in [0.2, 0.25) is 0 Å². The molecule has 8 heteroatoms. The summed E-state index contributed by atoms with van der Waals surface area (Å²) in [6, 6.07) is 11.8. The number of rotatable bonds is 1. The van der Waals surface area contributed by atoms with Gasteiger partial charge in [-0.1, -0.05) is 12.1 Å². The van der Waals surface area contributed by atoms with Gasteiger partial charge in [0, 0.05) is 0 Å². The first-order valence-corrected chi connectivity index (χ1v) is 7.15. The van der Waals surface area contributed by atoms with Crippen molar-refractivity contribution >= 4 is 16.6 Å². The molecule has 1 aliphatic rings. The third-order valence-corrected chi connectivity index (χ3v) is 3.89. The summed E-state index contributed by atoms with van der Waals surface area (Å²) in [5.41, 5.74) is 3.23. The Kier molecular flexibility index (Phi) is 3.02. The van der Waals surface area contributed by atoms with E-state index in [-0.39, 0.29) is 12.1 Å². The number of aromatic nitrogens is 2. The van der Waals surface area contributed by atoms with Gasteiger partial charge in [-0.15, -0.1) is 0 Å². The van der Waals surface area contributed by atoms with E-state index < -0.39 is 11.7 Å². The fourth-order valence-corrected chi connectivity index (χ4v) is 2.71. The molecule has 0 radical (unpaired) electrons. The van der Waals surface area contributed by atoms with Crippen LogP contribution in [-0.4, -0.2) is 9.66 Å². The first kappa shape index (κ1) is 14.6. The molecule has 2 aromatic carbocycles. The van der Waals surface area contributed by atoms with E-state index in [1.807, 2.05) is 0 Å². The van der Waals surface area contributed by atoms with Crippen molar-refractivity contribution in [3.05, 3.63) is 70.3 Å². The number of hydrogen-bond donors (Lipinski definition) is 1. The molecule has 1 N–H and O–H groups in total. The quantitative estimate of drug-likeness (QED) is 0.744. The van der Waals surface area contributed by atoms with Crippen molar-refractivity contribution in [3.8, 4) is 0 Å². The van der Waals surface area contributed by atoms with E-state index in [9.17, 15) is 18.0 Å². The first-order valence-electron chi connectivity index (χ1n) is 7.15. The van der Waals surface area contributed by atoms with Crippen LogP contribution in [-0.2, 0) is 12.7 Å². The van der Waals surface area contributed by atoms with Gasteiger partial charge in [-0.3, -0.25) is 9.80 Å². The minimum Gasteiger partial charge on any atom is -0.267 e. The highest BCUT2D eigenvalue weighted by Gasteiger charge is 2.30. The number of hydrogen-bond acceptors (Lipinski definition) is 4. The molecule has 0 unspecified atom stereocenters. The van der Waals surface area contributed by atoms with Crippen LogP contribution in [0.1, 0.15) is 11.4 Å². The van der Waals surface area contributed by atoms with Gasteiger partial charge >= 0.3 is 6.18 Å². The molecule has 0 spiro atoms. The predicted octanol–water partition coefficient (Wildman–Crippen LogP) is 2.89. The number of nitrogens with one attached hydrogen (secondary N) is 1. The number of hydrazine groups is 1. The highest BCUT2D eigenvalue weighted by molar-refractivity contribution is 5.79. The molecule has 0 aliphatic carbocycles. The molecule has 1 aliphatic heterocycles. The minimum absolute atomic E-state index is 0.269. The molecule has 3 aromatic rings. The molecular formula is C16H11F3N4O. The summed E-state index contributed by atoms with van der Waals surface area (Å²) in [7, 11) is 0. The first-order chi connectivity index (χ1) is 11.4. The van der Waals surface area contributed by atoms with Crippen LogP contribution < -0.4 is 16.1 Å². The van der Waals surface area contributed by atoms with Crippen LogP contribution in [0, 0.1) is 0 Å². The Morgan fingerprint density at radius 1 is 1.04 bits per heavy atom. The van der Waals surface area contributed by atoms with Crippen molar-refractivity contribution in [1.29, 1.82) is 0 Å². The monoisotopic (exact) mass is 332 g/mol. The SMILES string of the molecule is O=c1nc2n(c3ccccc13)NN(c1ccc(C(F)(F)F)cc1)C2. The molecule has 24 heavy (non-hydrogen) atoms. The maximum absolute atomic E-state index is 12.7. The lowest BCUT2D eigenvalue weighted by Gasteiger charge is -2.19. The summed E-state index contributed by atoms with van der Waals surface area (Å²) in [5.74, 6) is 0.499. The van der Waals surface area contributed by atoms with Gasteiger partial charge in [0.05, 0.1) is 22.2 Å². The fraction of sp³-hybridized carbons (Fsp3) is 0.125. The number of anilines is 1. The summed E-state index contributed by atoms with van der Waals surface area (Å²) < 4.78 is 39.6. The van der Waals surface area contributed by atoms with Gasteiger partial charge in [0.25, 0.3) is 5.56 Å². The normalized spacial score (nSPS) is 13.9. The fourth-order valence-electron chi connectivity index (χ4n) is 2.71. The number of nitrogens with zero attached hydrogens (tertiary/aromatic N) is 3. The van der Waals surface area contributed by atoms with Crippen molar-refractivity contribution < 1.29 is 13.2 Å². The molecule has 0 saturated heterocycles. The molecule has 122 valence electrons. The average molecular weight is 332 g/mol. The Hall–Kier alpha value is -3.03. The zero-order valence-corrected chi connectivity index (χ0v) is 12.2. The molecule has 0 bridgehead atoms. The Morgan fingerprint density at radius 2 is 1.75 bits per heavy atom. The zero-order chi connectivity index (χ0) is 16.9. The molecule has 5 nitrogen and oxygen atoms in total. The second kappa shape index (κ2) is 4.98. The number of benzene rings is 2. The summed E-state index contributed by atoms with van der Waals surface area (Å²) >= 11 is 0. The van der Waals surface area contributed by atoms with E-state index in [1.54, 1.807) is 34.0 Å². The molecule has 2 heterocycles. The molecular weight excluding hydrogens is 321 g/mol. The average Bonchev–Trinajstić information content (AvgIpc) is 2.98. The van der Waals surface area contributed by atoms with E-state index in [0.717, 1.165) is 12.1 Å². The Bertz CT molecular complexity index is 979. The van der Waals surface area contributed by atoms with Crippen LogP contribution in [0.25, 0.3) is 10.9 Å². The maximum atomic E-state index is 12.7. The maximum Gasteiger partial charge on any atom is 0.416 e. The van der Waals surface area contributed by atoms with Crippen LogP contribution in [0.2, 0.25) is 0 Å². The zero-order valence-electron chi connectivity index (χ0n) is 12.2. The molecule has 1 aromatic heterocycles. The van der Waals surface area contributed by atoms with E-state index in [0.29, 0.717) is 22.4 Å². The molecule has 0 fully saturated rings. The lowest BCUT2D eigenvalue weighted by Crippen LogP contribution is -2.27. The number of halogens is 3. The Balaban J connectivity index is 1.71. The number of alkyl halides is 3. The minimum atomic E-state index is -4.37. The number of para-hydroxylation sites is 1. The van der Waals surface area contributed by atoms with Gasteiger partial charge < -0.3 is 0 Å². The van der Waals surface area contributed by atoms with E-state index in [2.05, 4.69) is 10.5 Å². The number of fused-ring (bicyclic) bond motifs is 3. The summed E-state index contributed by atoms with van der Waals surface area (Å²) in [5, 5.41) is 2.11. The summed E-state index contributed by atoms with van der Waals surface area (Å²) in [6.07, 6.45) is -4.37. The second-order valence-electron chi connectivity index (χ2n) is 5.42. The smallest absolute Gasteiger partial charge is 0.267 e. The predicted molar refractivity (Wildman–Crippen MR) is 83.0 cm³/mol.